The van der Waals surface area contributed by atoms with E-state index in [4.69, 9.17) is 41.5 Å². The molecule has 9 N–H and O–H groups in total. The van der Waals surface area contributed by atoms with Crippen LogP contribution in [0, 0.1) is 0 Å². The molecular formula is C19H23NO14. The van der Waals surface area contributed by atoms with Gasteiger partial charge < -0.3 is 41.5 Å². The third-order valence-corrected chi connectivity index (χ3v) is 2.68. The average Bonchev–Trinajstić information content (AvgIpc) is 2.71. The first-order chi connectivity index (χ1) is 15.6. The van der Waals surface area contributed by atoms with Crippen molar-refractivity contribution in [1.82, 2.24) is 0 Å². The van der Waals surface area contributed by atoms with E-state index in [1.165, 1.54) is 0 Å². The summed E-state index contributed by atoms with van der Waals surface area (Å²) in [6.45, 7) is 0. The van der Waals surface area contributed by atoms with Gasteiger partial charge in [0.05, 0.1) is 5.56 Å². The van der Waals surface area contributed by atoms with Crippen LogP contribution in [0.4, 0.5) is 0 Å². The van der Waals surface area contributed by atoms with E-state index in [-0.39, 0.29) is 12.8 Å². The van der Waals surface area contributed by atoms with Crippen molar-refractivity contribution in [3.63, 3.8) is 0 Å². The van der Waals surface area contributed by atoms with Crippen molar-refractivity contribution >= 4 is 41.8 Å². The van der Waals surface area contributed by atoms with Gasteiger partial charge in [-0.15, -0.1) is 0 Å². The van der Waals surface area contributed by atoms with E-state index >= 15 is 0 Å². The molecule has 34 heavy (non-hydrogen) atoms. The van der Waals surface area contributed by atoms with Gasteiger partial charge in [0, 0.05) is 18.6 Å². The molecule has 0 fully saturated rings. The number of hydrogen-bond acceptors (Lipinski definition) is 8. The Kier molecular flexibility index (Phi) is 20.0. The number of carboxylic acids is 7. The highest BCUT2D eigenvalue weighted by Gasteiger charge is 2.12. The molecule has 0 saturated heterocycles. The molecule has 0 saturated carbocycles. The van der Waals surface area contributed by atoms with Gasteiger partial charge >= 0.3 is 41.8 Å². The molecule has 0 heterocycles. The van der Waals surface area contributed by atoms with Crippen molar-refractivity contribution in [1.29, 1.82) is 0 Å². The summed E-state index contributed by atoms with van der Waals surface area (Å²) in [7, 11) is 0. The Hall–Kier alpha value is -4.79. The third kappa shape index (κ3) is 29.4. The number of hydrogen-bond donors (Lipinski definition) is 8. The monoisotopic (exact) mass is 489 g/mol. The molecule has 0 aliphatic carbocycles. The van der Waals surface area contributed by atoms with Crippen LogP contribution in [0.15, 0.2) is 42.5 Å². The predicted molar refractivity (Wildman–Crippen MR) is 110 cm³/mol. The Bertz CT molecular complexity index is 835. The summed E-state index contributed by atoms with van der Waals surface area (Å²) in [5, 5.41) is 55.7. The minimum absolute atomic E-state index is 0.0231. The fourth-order valence-electron chi connectivity index (χ4n) is 1.26. The number of aliphatic carboxylic acids is 6. The zero-order chi connectivity index (χ0) is 27.3. The first-order valence-electron chi connectivity index (χ1n) is 8.66. The van der Waals surface area contributed by atoms with Crippen LogP contribution >= 0.6 is 0 Å². The van der Waals surface area contributed by atoms with Crippen LogP contribution in [0.3, 0.4) is 0 Å². The van der Waals surface area contributed by atoms with Crippen molar-refractivity contribution in [2.75, 3.05) is 0 Å². The fraction of sp³-hybridized carbons (Fsp3) is 0.211. The Morgan fingerprint density at radius 3 is 1.32 bits per heavy atom. The van der Waals surface area contributed by atoms with Gasteiger partial charge in [-0.1, -0.05) is 18.2 Å². The maximum absolute atomic E-state index is 10.2. The number of carboxylic acid groups (broad SMARTS) is 7. The van der Waals surface area contributed by atoms with Crippen LogP contribution in [0.2, 0.25) is 0 Å². The Balaban J connectivity index is -0.000000380. The molecule has 15 heteroatoms. The van der Waals surface area contributed by atoms with Gasteiger partial charge in [-0.2, -0.15) is 0 Å². The summed E-state index contributed by atoms with van der Waals surface area (Å²) in [6, 6.07) is 7.24. The number of nitrogens with two attached hydrogens (primary N) is 1. The molecule has 0 amide bonds. The second-order valence-electron chi connectivity index (χ2n) is 5.52. The van der Waals surface area contributed by atoms with Crippen LogP contribution in [-0.4, -0.2) is 83.6 Å². The molecule has 0 unspecified atom stereocenters. The van der Waals surface area contributed by atoms with Crippen molar-refractivity contribution in [3.05, 3.63) is 48.0 Å². The normalized spacial score (nSPS) is 9.91. The molecule has 0 bridgehead atoms. The lowest BCUT2D eigenvalue weighted by Gasteiger charge is -2.01. The maximum Gasteiger partial charge on any atom is 0.335 e. The maximum atomic E-state index is 10.2. The SMILES string of the molecule is N[C@@H](CCC(=O)O)C(=O)O.O=C(O)C=CC(=O)O.O=C(O)CC(=O)O.O=C(O)c1ccccc1. The summed E-state index contributed by atoms with van der Waals surface area (Å²) in [5.74, 6) is -8.21. The molecule has 1 rings (SSSR count). The van der Waals surface area contributed by atoms with E-state index < -0.39 is 54.2 Å². The van der Waals surface area contributed by atoms with Crippen molar-refractivity contribution in [2.45, 2.75) is 25.3 Å². The van der Waals surface area contributed by atoms with Crippen LogP contribution in [0.25, 0.3) is 0 Å². The smallest absolute Gasteiger partial charge is 0.335 e. The van der Waals surface area contributed by atoms with Crippen LogP contribution in [-0.2, 0) is 28.8 Å². The molecule has 15 nitrogen and oxygen atoms in total. The molecule has 0 aromatic heterocycles. The number of rotatable bonds is 9. The number of aromatic carboxylic acids is 1. The number of benzene rings is 1. The quantitative estimate of drug-likeness (QED) is 0.166. The summed E-state index contributed by atoms with van der Waals surface area (Å²) in [6.07, 6.45) is 0.0861. The molecule has 0 radical (unpaired) electrons. The van der Waals surface area contributed by atoms with E-state index in [1.54, 1.807) is 30.3 Å². The molecule has 188 valence electrons. The second-order valence-corrected chi connectivity index (χ2v) is 5.52. The van der Waals surface area contributed by atoms with Crippen LogP contribution in [0.1, 0.15) is 29.6 Å². The van der Waals surface area contributed by atoms with Gasteiger partial charge in [0.1, 0.15) is 12.5 Å². The van der Waals surface area contributed by atoms with Gasteiger partial charge in [-0.25, -0.2) is 14.4 Å². The Morgan fingerprint density at radius 2 is 1.12 bits per heavy atom. The van der Waals surface area contributed by atoms with E-state index in [0.717, 1.165) is 0 Å². The van der Waals surface area contributed by atoms with Crippen molar-refractivity contribution in [2.24, 2.45) is 5.73 Å². The zero-order valence-electron chi connectivity index (χ0n) is 17.3. The van der Waals surface area contributed by atoms with Gasteiger partial charge in [-0.3, -0.25) is 19.2 Å². The standard InChI is InChI=1S/C7H6O2.C5H9NO4.C4H4O4.C3H4O4/c8-7(9)6-4-2-1-3-5-6;6-3(5(9)10)1-2-4(7)8;5-3(6)1-2-4(7)8;4-2(5)1-3(6)7/h1-5H,(H,8,9);3H,1-2,6H2,(H,7,8)(H,9,10);1-2H,(H,5,6)(H,7,8);1H2,(H,4,5)(H,6,7)/t;3-;;/m.0../s1. The van der Waals surface area contributed by atoms with Gasteiger partial charge in [-0.05, 0) is 18.6 Å². The van der Waals surface area contributed by atoms with Gasteiger partial charge in [0.15, 0.2) is 0 Å². The highest BCUT2D eigenvalue weighted by atomic mass is 16.4. The predicted octanol–water partition coefficient (Wildman–Crippen LogP) is -0.0946. The minimum atomic E-state index is -1.31. The zero-order valence-corrected chi connectivity index (χ0v) is 17.3. The molecule has 0 spiro atoms. The van der Waals surface area contributed by atoms with Crippen molar-refractivity contribution < 1.29 is 69.3 Å². The topological polar surface area (TPSA) is 287 Å². The summed E-state index contributed by atoms with van der Waals surface area (Å²) in [5.41, 5.74) is 5.33. The Labute approximate surface area is 191 Å². The Morgan fingerprint density at radius 1 is 0.706 bits per heavy atom. The van der Waals surface area contributed by atoms with E-state index in [2.05, 4.69) is 0 Å². The minimum Gasteiger partial charge on any atom is -0.481 e. The lowest BCUT2D eigenvalue weighted by molar-refractivity contribution is -0.147. The summed E-state index contributed by atoms with van der Waals surface area (Å²) < 4.78 is 0. The number of carbonyl (C=O) groups is 7. The highest BCUT2D eigenvalue weighted by Crippen LogP contribution is 1.96. The van der Waals surface area contributed by atoms with Crippen molar-refractivity contribution in [3.8, 4) is 0 Å². The molecular weight excluding hydrogens is 466 g/mol. The average molecular weight is 489 g/mol. The molecule has 1 aromatic carbocycles. The lowest BCUT2D eigenvalue weighted by Crippen LogP contribution is -2.30. The first-order valence-corrected chi connectivity index (χ1v) is 8.66. The highest BCUT2D eigenvalue weighted by molar-refractivity contribution is 5.90. The molecule has 1 atom stereocenters. The van der Waals surface area contributed by atoms with Crippen LogP contribution in [0.5, 0.6) is 0 Å². The van der Waals surface area contributed by atoms with E-state index in [9.17, 15) is 33.6 Å². The van der Waals surface area contributed by atoms with Crippen LogP contribution < -0.4 is 5.73 Å². The lowest BCUT2D eigenvalue weighted by atomic mass is 10.2. The molecule has 0 aliphatic heterocycles. The first kappa shape index (κ1) is 33.8. The fourth-order valence-corrected chi connectivity index (χ4v) is 1.26. The second kappa shape index (κ2) is 20.1. The van der Waals surface area contributed by atoms with Gasteiger partial charge in [0.2, 0.25) is 0 Å². The van der Waals surface area contributed by atoms with Gasteiger partial charge in [0.25, 0.3) is 0 Å². The third-order valence-electron chi connectivity index (χ3n) is 2.68. The molecule has 1 aromatic rings. The molecule has 0 aliphatic rings. The largest absolute Gasteiger partial charge is 0.481 e. The van der Waals surface area contributed by atoms with E-state index in [0.29, 0.717) is 17.7 Å². The summed E-state index contributed by atoms with van der Waals surface area (Å²) in [4.78, 5) is 68.0. The van der Waals surface area contributed by atoms with E-state index in [1.807, 2.05) is 0 Å². The summed E-state index contributed by atoms with van der Waals surface area (Å²) >= 11 is 0.